The maximum absolute atomic E-state index is 12.6. The fourth-order valence-electron chi connectivity index (χ4n) is 2.59. The van der Waals surface area contributed by atoms with Crippen LogP contribution in [0.3, 0.4) is 0 Å². The average Bonchev–Trinajstić information content (AvgIpc) is 2.91. The van der Waals surface area contributed by atoms with Gasteiger partial charge in [-0.25, -0.2) is 0 Å². The van der Waals surface area contributed by atoms with E-state index in [1.165, 1.54) is 6.92 Å². The molecular formula is C20H15N3O3S. The predicted molar refractivity (Wildman–Crippen MR) is 103 cm³/mol. The van der Waals surface area contributed by atoms with Crippen LogP contribution in [0.5, 0.6) is 0 Å². The molecule has 7 heteroatoms. The van der Waals surface area contributed by atoms with E-state index in [4.69, 9.17) is 5.26 Å². The van der Waals surface area contributed by atoms with Crippen LogP contribution in [0, 0.1) is 11.3 Å². The summed E-state index contributed by atoms with van der Waals surface area (Å²) in [6.45, 7) is 1.49. The number of benzene rings is 2. The Labute approximate surface area is 160 Å². The van der Waals surface area contributed by atoms with Crippen LogP contribution in [0.15, 0.2) is 53.4 Å². The number of nitrogens with one attached hydrogen (secondary N) is 1. The summed E-state index contributed by atoms with van der Waals surface area (Å²) in [4.78, 5) is 37.4. The number of anilines is 1. The molecule has 27 heavy (non-hydrogen) atoms. The number of nitrogens with zero attached hydrogens (tertiary/aromatic N) is 2. The first-order chi connectivity index (χ1) is 13.0. The lowest BCUT2D eigenvalue weighted by Gasteiger charge is -2.13. The Kier molecular flexibility index (Phi) is 5.38. The number of imide groups is 1. The van der Waals surface area contributed by atoms with Gasteiger partial charge in [0.2, 0.25) is 5.91 Å². The summed E-state index contributed by atoms with van der Waals surface area (Å²) in [5, 5.41) is 11.5. The number of carbonyl (C=O) groups excluding carboxylic acids is 3. The SMILES string of the molecule is CC(=O)Nc1ccc(/C=C2\SC(=O)N(Cc3ccccc3C#N)C2=O)cc1. The quantitative estimate of drug-likeness (QED) is 0.820. The molecule has 3 amide bonds. The van der Waals surface area contributed by atoms with Gasteiger partial charge in [-0.15, -0.1) is 0 Å². The van der Waals surface area contributed by atoms with Gasteiger partial charge in [-0.1, -0.05) is 30.3 Å². The van der Waals surface area contributed by atoms with Gasteiger partial charge in [-0.2, -0.15) is 5.26 Å². The molecule has 2 aromatic carbocycles. The second kappa shape index (κ2) is 7.89. The molecule has 134 valence electrons. The van der Waals surface area contributed by atoms with Gasteiger partial charge in [0.1, 0.15) is 0 Å². The van der Waals surface area contributed by atoms with Crippen LogP contribution in [0.4, 0.5) is 10.5 Å². The molecule has 2 aromatic rings. The van der Waals surface area contributed by atoms with Gasteiger partial charge in [0.15, 0.2) is 0 Å². The van der Waals surface area contributed by atoms with Crippen molar-refractivity contribution in [2.75, 3.05) is 5.32 Å². The Morgan fingerprint density at radius 2 is 1.89 bits per heavy atom. The lowest BCUT2D eigenvalue weighted by atomic mass is 10.1. The molecule has 0 radical (unpaired) electrons. The molecule has 0 spiro atoms. The number of rotatable bonds is 4. The number of hydrogen-bond donors (Lipinski definition) is 1. The Morgan fingerprint density at radius 3 is 2.56 bits per heavy atom. The van der Waals surface area contributed by atoms with Crippen molar-refractivity contribution < 1.29 is 14.4 Å². The molecule has 1 fully saturated rings. The zero-order chi connectivity index (χ0) is 19.4. The summed E-state index contributed by atoms with van der Waals surface area (Å²) >= 11 is 0.870. The average molecular weight is 377 g/mol. The summed E-state index contributed by atoms with van der Waals surface area (Å²) in [5.74, 6) is -0.551. The molecule has 1 heterocycles. The lowest BCUT2D eigenvalue weighted by molar-refractivity contribution is -0.123. The zero-order valence-electron chi connectivity index (χ0n) is 14.4. The Bertz CT molecular complexity index is 990. The molecule has 1 saturated heterocycles. The first-order valence-corrected chi connectivity index (χ1v) is 8.90. The fraction of sp³-hybridized carbons (Fsp3) is 0.100. The van der Waals surface area contributed by atoms with Gasteiger partial charge < -0.3 is 5.32 Å². The second-order valence-corrected chi connectivity index (χ2v) is 6.83. The van der Waals surface area contributed by atoms with E-state index < -0.39 is 0 Å². The molecule has 6 nitrogen and oxygen atoms in total. The summed E-state index contributed by atoms with van der Waals surface area (Å²) in [6, 6.07) is 15.9. The number of hydrogen-bond acceptors (Lipinski definition) is 5. The highest BCUT2D eigenvalue weighted by atomic mass is 32.2. The summed E-state index contributed by atoms with van der Waals surface area (Å²) < 4.78 is 0. The van der Waals surface area contributed by atoms with E-state index in [1.807, 2.05) is 0 Å². The first kappa shape index (κ1) is 18.4. The van der Waals surface area contributed by atoms with Gasteiger partial charge in [0.25, 0.3) is 11.1 Å². The van der Waals surface area contributed by atoms with Crippen LogP contribution in [-0.4, -0.2) is 22.0 Å². The molecular weight excluding hydrogens is 362 g/mol. The molecule has 0 aliphatic carbocycles. The van der Waals surface area contributed by atoms with Crippen molar-refractivity contribution in [3.63, 3.8) is 0 Å². The molecule has 1 aliphatic rings. The normalized spacial score (nSPS) is 15.1. The molecule has 1 N–H and O–H groups in total. The highest BCUT2D eigenvalue weighted by Gasteiger charge is 2.35. The Morgan fingerprint density at radius 1 is 1.19 bits per heavy atom. The van der Waals surface area contributed by atoms with Crippen LogP contribution in [-0.2, 0) is 16.1 Å². The topological polar surface area (TPSA) is 90.3 Å². The standard InChI is InChI=1S/C20H15N3O3S/c1-13(24)22-17-8-6-14(7-9-17)10-18-19(25)23(20(26)27-18)12-16-5-3-2-4-15(16)11-21/h2-10H,12H2,1H3,(H,22,24)/b18-10-. The Hall–Kier alpha value is -3.37. The highest BCUT2D eigenvalue weighted by Crippen LogP contribution is 2.33. The molecule has 0 bridgehead atoms. The van der Waals surface area contributed by atoms with Crippen molar-refractivity contribution in [3.05, 3.63) is 70.1 Å². The van der Waals surface area contributed by atoms with E-state index >= 15 is 0 Å². The van der Waals surface area contributed by atoms with Crippen molar-refractivity contribution in [3.8, 4) is 6.07 Å². The van der Waals surface area contributed by atoms with Crippen molar-refractivity contribution in [1.29, 1.82) is 5.26 Å². The maximum atomic E-state index is 12.6. The van der Waals surface area contributed by atoms with Crippen LogP contribution in [0.1, 0.15) is 23.6 Å². The zero-order valence-corrected chi connectivity index (χ0v) is 15.2. The van der Waals surface area contributed by atoms with Crippen LogP contribution in [0.2, 0.25) is 0 Å². The van der Waals surface area contributed by atoms with Gasteiger partial charge in [-0.3, -0.25) is 19.3 Å². The molecule has 3 rings (SSSR count). The molecule has 0 saturated carbocycles. The summed E-state index contributed by atoms with van der Waals surface area (Å²) in [6.07, 6.45) is 1.64. The number of amides is 3. The fourth-order valence-corrected chi connectivity index (χ4v) is 3.43. The van der Waals surface area contributed by atoms with Gasteiger partial charge in [0.05, 0.1) is 23.1 Å². The number of carbonyl (C=O) groups is 3. The third-order valence-electron chi connectivity index (χ3n) is 3.87. The van der Waals surface area contributed by atoms with Crippen LogP contribution >= 0.6 is 11.8 Å². The van der Waals surface area contributed by atoms with E-state index in [1.54, 1.807) is 54.6 Å². The maximum Gasteiger partial charge on any atom is 0.293 e. The van der Waals surface area contributed by atoms with E-state index in [0.29, 0.717) is 21.7 Å². The predicted octanol–water partition coefficient (Wildman–Crippen LogP) is 3.75. The smallest absolute Gasteiger partial charge is 0.293 e. The summed E-state index contributed by atoms with van der Waals surface area (Å²) in [5.41, 5.74) is 2.46. The minimum Gasteiger partial charge on any atom is -0.326 e. The molecule has 0 aromatic heterocycles. The molecule has 0 atom stereocenters. The molecule has 1 aliphatic heterocycles. The van der Waals surface area contributed by atoms with E-state index in [-0.39, 0.29) is 23.6 Å². The summed E-state index contributed by atoms with van der Waals surface area (Å²) in [7, 11) is 0. The minimum atomic E-state index is -0.385. The largest absolute Gasteiger partial charge is 0.326 e. The van der Waals surface area contributed by atoms with Gasteiger partial charge in [-0.05, 0) is 47.2 Å². The van der Waals surface area contributed by atoms with E-state index in [0.717, 1.165) is 22.2 Å². The second-order valence-electron chi connectivity index (χ2n) is 5.84. The number of nitriles is 1. The minimum absolute atomic E-state index is 0.0627. The van der Waals surface area contributed by atoms with Crippen molar-refractivity contribution in [1.82, 2.24) is 4.90 Å². The number of thioether (sulfide) groups is 1. The monoisotopic (exact) mass is 377 g/mol. The third kappa shape index (κ3) is 4.25. The van der Waals surface area contributed by atoms with E-state index in [9.17, 15) is 14.4 Å². The Balaban J connectivity index is 1.78. The van der Waals surface area contributed by atoms with Crippen molar-refractivity contribution in [2.45, 2.75) is 13.5 Å². The third-order valence-corrected chi connectivity index (χ3v) is 4.78. The van der Waals surface area contributed by atoms with Gasteiger partial charge >= 0.3 is 0 Å². The van der Waals surface area contributed by atoms with Crippen molar-refractivity contribution >= 4 is 40.6 Å². The lowest BCUT2D eigenvalue weighted by Crippen LogP contribution is -2.27. The van der Waals surface area contributed by atoms with Crippen LogP contribution in [0.25, 0.3) is 6.08 Å². The highest BCUT2D eigenvalue weighted by molar-refractivity contribution is 8.18. The first-order valence-electron chi connectivity index (χ1n) is 8.09. The molecule has 0 unspecified atom stereocenters. The van der Waals surface area contributed by atoms with Crippen LogP contribution < -0.4 is 5.32 Å². The van der Waals surface area contributed by atoms with E-state index in [2.05, 4.69) is 11.4 Å². The van der Waals surface area contributed by atoms with Crippen molar-refractivity contribution in [2.24, 2.45) is 0 Å². The van der Waals surface area contributed by atoms with Gasteiger partial charge in [0, 0.05) is 12.6 Å².